The van der Waals surface area contributed by atoms with Crippen molar-refractivity contribution in [3.63, 3.8) is 0 Å². The molecule has 4 aromatic heterocycles. The van der Waals surface area contributed by atoms with Gasteiger partial charge in [-0.2, -0.15) is 8.62 Å². The molecule has 4 amide bonds. The summed E-state index contributed by atoms with van der Waals surface area (Å²) in [5.41, 5.74) is 5.78. The van der Waals surface area contributed by atoms with E-state index in [1.165, 1.54) is 41.5 Å². The zero-order valence-corrected chi connectivity index (χ0v) is 67.6. The second kappa shape index (κ2) is 42.9. The summed E-state index contributed by atoms with van der Waals surface area (Å²) in [6.07, 6.45) is -16.1. The molecule has 6 rings (SSSR count). The summed E-state index contributed by atoms with van der Waals surface area (Å²) in [5, 5.41) is 85.9. The number of thioether (sulfide) groups is 2. The van der Waals surface area contributed by atoms with Crippen molar-refractivity contribution in [3.8, 4) is 0 Å². The van der Waals surface area contributed by atoms with Crippen molar-refractivity contribution in [3.05, 3.63) is 25.3 Å². The summed E-state index contributed by atoms with van der Waals surface area (Å²) in [6, 6.07) is 0. The first-order chi connectivity index (χ1) is 52.8. The van der Waals surface area contributed by atoms with E-state index >= 15 is 0 Å². The van der Waals surface area contributed by atoms with Gasteiger partial charge in [-0.1, -0.05) is 51.2 Å². The maximum Gasteiger partial charge on any atom is 0.481 e. The number of nitrogens with zero attached hydrogens (tertiary/aromatic N) is 8. The van der Waals surface area contributed by atoms with Crippen molar-refractivity contribution >= 4 is 156 Å². The van der Waals surface area contributed by atoms with Crippen LogP contribution in [-0.4, -0.2) is 289 Å². The summed E-state index contributed by atoms with van der Waals surface area (Å²) in [6.45, 7) is 3.80. The molecule has 0 saturated carbocycles. The van der Waals surface area contributed by atoms with Crippen molar-refractivity contribution in [2.75, 3.05) is 75.6 Å². The predicted octanol–water partition coefficient (Wildman–Crippen LogP) is -3.88. The van der Waals surface area contributed by atoms with Crippen LogP contribution in [0.4, 0.5) is 11.6 Å². The van der Waals surface area contributed by atoms with Crippen molar-refractivity contribution in [1.82, 2.24) is 60.3 Å². The SMILES string of the molecule is CC(=O)SCCNC(=O)CCNC(=O)[C@H](O)C(C)(C)COP(=O)(O)OP(=O)(O)OC[C@H]1O[C@@H](n2cnc3c(N)ncnc32)[C@H](O)[C@@H]1OP(=O)(O)O.CC(=O)SCCNC(=O)CCNC(=O)[C@H](O)C(C)(C)COP(=O)(O)OP(=O)(O)OC[C@H]1O[C@@H](n2cnc3c(N)ncnc32)[C@H](O)[C@@H]1OP(=O)(O)O.O=C(O)CC(O)(CC(=O)O)C(=O)O. The van der Waals surface area contributed by atoms with Crippen LogP contribution in [0.5, 0.6) is 0 Å². The van der Waals surface area contributed by atoms with Crippen molar-refractivity contribution < 1.29 is 196 Å². The van der Waals surface area contributed by atoms with E-state index in [0.717, 1.165) is 58.0 Å². The van der Waals surface area contributed by atoms with Gasteiger partial charge in [0.15, 0.2) is 51.2 Å². The summed E-state index contributed by atoms with van der Waals surface area (Å²) in [7, 11) is -32.7. The highest BCUT2D eigenvalue weighted by Crippen LogP contribution is 2.63. The van der Waals surface area contributed by atoms with E-state index in [0.29, 0.717) is 11.5 Å². The normalized spacial score (nSPS) is 21.3. The molecule has 4 aromatic rings. The number of nitrogen functional groups attached to an aromatic ring is 2. The molecule has 55 nitrogen and oxygen atoms in total. The smallest absolute Gasteiger partial charge is 0.481 e. The number of nitrogens with two attached hydrogens (primary N) is 2. The molecule has 0 bridgehead atoms. The number of phosphoric acid groups is 6. The highest BCUT2D eigenvalue weighted by molar-refractivity contribution is 8.13. The zero-order valence-electron chi connectivity index (χ0n) is 60.6. The number of phosphoric ester groups is 6. The fourth-order valence-corrected chi connectivity index (χ4v) is 16.0. The second-order valence-electron chi connectivity index (χ2n) is 25.3. The third kappa shape index (κ3) is 33.3. The van der Waals surface area contributed by atoms with Crippen LogP contribution in [0.1, 0.15) is 79.7 Å². The van der Waals surface area contributed by atoms with Crippen LogP contribution in [0.3, 0.4) is 0 Å². The summed E-state index contributed by atoms with van der Waals surface area (Å²) >= 11 is 2.05. The van der Waals surface area contributed by atoms with Gasteiger partial charge in [0.05, 0.1) is 51.9 Å². The minimum Gasteiger partial charge on any atom is -0.481 e. The number of carbonyl (C=O) groups excluding carboxylic acids is 6. The molecule has 0 spiro atoms. The zero-order chi connectivity index (χ0) is 87.4. The van der Waals surface area contributed by atoms with Gasteiger partial charge in [-0.3, -0.25) is 74.6 Å². The van der Waals surface area contributed by atoms with Gasteiger partial charge in [0.25, 0.3) is 0 Å². The number of nitrogens with one attached hydrogen (secondary N) is 4. The van der Waals surface area contributed by atoms with Crippen LogP contribution in [0.25, 0.3) is 22.3 Å². The molecule has 0 radical (unpaired) electrons. The van der Waals surface area contributed by atoms with Crippen molar-refractivity contribution in [2.45, 2.75) is 134 Å². The molecule has 0 aromatic carbocycles. The van der Waals surface area contributed by atoms with Crippen molar-refractivity contribution in [2.24, 2.45) is 10.8 Å². The first kappa shape index (κ1) is 101. The number of aliphatic hydroxyl groups is 5. The van der Waals surface area contributed by atoms with E-state index in [2.05, 4.69) is 68.8 Å². The number of hydrogen-bond donors (Lipinski definition) is 22. The number of carboxylic acid groups (broad SMARTS) is 3. The molecule has 0 aliphatic carbocycles. The summed E-state index contributed by atoms with van der Waals surface area (Å²) < 4.78 is 124. The quantitative estimate of drug-likeness (QED) is 0.0149. The van der Waals surface area contributed by atoms with E-state index < -0.39 is 205 Å². The lowest BCUT2D eigenvalue weighted by molar-refractivity contribution is -0.170. The average molecular weight is 1810 g/mol. The van der Waals surface area contributed by atoms with Gasteiger partial charge >= 0.3 is 64.8 Å². The number of aliphatic carboxylic acids is 3. The molecule has 650 valence electrons. The van der Waals surface area contributed by atoms with Crippen LogP contribution in [0.2, 0.25) is 0 Å². The first-order valence-corrected chi connectivity index (χ1v) is 43.3. The largest absolute Gasteiger partial charge is 0.481 e. The third-order valence-electron chi connectivity index (χ3n) is 14.9. The lowest BCUT2D eigenvalue weighted by Gasteiger charge is -2.30. The van der Waals surface area contributed by atoms with E-state index in [9.17, 15) is 130 Å². The molecule has 14 atom stereocenters. The molecule has 6 heterocycles. The van der Waals surface area contributed by atoms with Crippen LogP contribution in [-0.2, 0) is 116 Å². The third-order valence-corrected chi connectivity index (χ3v) is 22.7. The van der Waals surface area contributed by atoms with Crippen LogP contribution < -0.4 is 32.7 Å². The Morgan fingerprint density at radius 1 is 0.530 bits per heavy atom. The number of hydrogen-bond acceptors (Lipinski definition) is 40. The van der Waals surface area contributed by atoms with Gasteiger partial charge < -0.3 is 122 Å². The van der Waals surface area contributed by atoms with E-state index in [1.807, 2.05) is 0 Å². The maximum absolute atomic E-state index is 12.6. The molecule has 2 saturated heterocycles. The Balaban J connectivity index is 0.000000419. The molecule has 2 aliphatic rings. The Kier molecular flexibility index (Phi) is 37.7. The van der Waals surface area contributed by atoms with Gasteiger partial charge in [0.1, 0.15) is 72.5 Å². The number of carbonyl (C=O) groups is 9. The number of imidazole rings is 2. The number of ether oxygens (including phenoxy) is 2. The molecular weight excluding hydrogens is 1730 g/mol. The van der Waals surface area contributed by atoms with E-state index in [1.54, 1.807) is 0 Å². The summed E-state index contributed by atoms with van der Waals surface area (Å²) in [5.74, 6) is -7.19. The molecule has 63 heteroatoms. The maximum atomic E-state index is 12.6. The number of anilines is 2. The first-order valence-electron chi connectivity index (χ1n) is 32.3. The van der Waals surface area contributed by atoms with E-state index in [4.69, 9.17) is 59.5 Å². The molecule has 4 unspecified atom stereocenters. The Labute approximate surface area is 655 Å². The minimum absolute atomic E-state index is 0.0310. The Hall–Kier alpha value is -6.51. The number of carboxylic acids is 3. The van der Waals surface area contributed by atoms with Gasteiger partial charge in [-0.05, 0) is 0 Å². The molecule has 115 heavy (non-hydrogen) atoms. The average Bonchev–Trinajstić information content (AvgIpc) is 1.62. The Morgan fingerprint density at radius 3 is 1.17 bits per heavy atom. The molecule has 2 fully saturated rings. The number of aromatic nitrogens is 8. The van der Waals surface area contributed by atoms with Gasteiger partial charge in [-0.25, -0.2) is 62.1 Å². The number of rotatable bonds is 43. The van der Waals surface area contributed by atoms with Gasteiger partial charge in [0.2, 0.25) is 23.6 Å². The highest BCUT2D eigenvalue weighted by atomic mass is 32.2. The standard InChI is InChI=1S/2C23H38N7O17P3S.C6H8O7/c2*1-12(31)51-7-6-25-14(32)4-5-26-21(35)18(34)23(2,3)9-44-50(41,42)47-49(39,40)43-8-13-17(46-48(36,37)38)16(33)22(45-13)30-11-29-15-19(24)27-10-28-20(15)30;7-3(8)1-6(13,5(11)12)2-4(9)10/h2*10-11,13,16-18,22,33-34H,4-9H2,1-3H3,(H,25,32)(H,26,35)(H,39,40)(H,41,42)(H2,24,27,28)(H2,36,37,38);13H,1-2H2,(H,7,8)(H,9,10)(H,11,12)/t2*13-,16-,17-,18+,22-;/m11./s1. The van der Waals surface area contributed by atoms with E-state index in [-0.39, 0.29) is 83.2 Å². The Bertz CT molecular complexity index is 4140. The van der Waals surface area contributed by atoms with Gasteiger partial charge in [0, 0.05) is 75.2 Å². The fraction of sp³-hybridized carbons (Fsp3) is 0.635. The number of aliphatic hydroxyl groups excluding tert-OH is 4. The molecular formula is C52H84N14O41P6S2. The number of amides is 4. The Morgan fingerprint density at radius 2 is 0.861 bits per heavy atom. The molecule has 24 N–H and O–H groups in total. The lowest BCUT2D eigenvalue weighted by Crippen LogP contribution is -2.46. The fourth-order valence-electron chi connectivity index (χ4n) is 9.36. The highest BCUT2D eigenvalue weighted by Gasteiger charge is 2.53. The topological polar surface area (TPSA) is 859 Å². The van der Waals surface area contributed by atoms with Crippen LogP contribution in [0.15, 0.2) is 25.3 Å². The number of fused-ring (bicyclic) bond motifs is 2. The van der Waals surface area contributed by atoms with Crippen molar-refractivity contribution in [1.29, 1.82) is 0 Å². The molecule has 2 aliphatic heterocycles. The minimum atomic E-state index is -5.56. The summed E-state index contributed by atoms with van der Waals surface area (Å²) in [4.78, 5) is 202. The van der Waals surface area contributed by atoms with Crippen LogP contribution >= 0.6 is 70.5 Å². The second-order valence-corrected chi connectivity index (χ2v) is 36.3. The van der Waals surface area contributed by atoms with Crippen LogP contribution in [0, 0.1) is 10.8 Å². The van der Waals surface area contributed by atoms with Gasteiger partial charge in [-0.15, -0.1) is 0 Å². The predicted molar refractivity (Wildman–Crippen MR) is 383 cm³/mol. The monoisotopic (exact) mass is 1810 g/mol. The lowest BCUT2D eigenvalue weighted by atomic mass is 9.87.